The molecule has 1 unspecified atom stereocenters. The van der Waals surface area contributed by atoms with Gasteiger partial charge < -0.3 is 5.32 Å². The van der Waals surface area contributed by atoms with Crippen LogP contribution in [0.15, 0.2) is 53.6 Å². The molecule has 0 radical (unpaired) electrons. The number of hydrogen-bond donors (Lipinski definition) is 1. The molecule has 1 N–H and O–H groups in total. The van der Waals surface area contributed by atoms with Crippen LogP contribution in [0, 0.1) is 17.5 Å². The number of carbonyl (C=O) groups is 1. The maximum Gasteiger partial charge on any atom is 0.268 e. The molecule has 0 spiro atoms. The van der Waals surface area contributed by atoms with Crippen LogP contribution in [-0.4, -0.2) is 25.3 Å². The average molecular weight is 434 g/mol. The predicted octanol–water partition coefficient (Wildman–Crippen LogP) is 3.59. The second-order valence-electron chi connectivity index (χ2n) is 7.00. The molecule has 2 aromatic carbocycles. The van der Waals surface area contributed by atoms with Gasteiger partial charge in [-0.3, -0.25) is 4.79 Å². The number of fused-ring (bicyclic) bond motifs is 1. The van der Waals surface area contributed by atoms with Gasteiger partial charge in [-0.2, -0.15) is 0 Å². The molecule has 0 saturated carbocycles. The Labute approximate surface area is 171 Å². The molecule has 1 aliphatic carbocycles. The van der Waals surface area contributed by atoms with Crippen LogP contribution in [0.2, 0.25) is 0 Å². The molecule has 9 heteroatoms. The Bertz CT molecular complexity index is 1270. The number of nitrogens with one attached hydrogen (secondary N) is 1. The summed E-state index contributed by atoms with van der Waals surface area (Å²) in [6.07, 6.45) is 2.05. The minimum absolute atomic E-state index is 0.0122. The van der Waals surface area contributed by atoms with Crippen LogP contribution in [-0.2, 0) is 21.2 Å². The molecule has 5 nitrogen and oxygen atoms in total. The van der Waals surface area contributed by atoms with Crippen LogP contribution >= 0.6 is 0 Å². The van der Waals surface area contributed by atoms with Crippen LogP contribution < -0.4 is 5.32 Å². The topological polar surface area (TPSA) is 68.2 Å². The van der Waals surface area contributed by atoms with Crippen molar-refractivity contribution in [3.63, 3.8) is 0 Å². The Balaban J connectivity index is 2.00. The SMILES string of the molecule is CNC(=O)C1CCc2c1cn(S(=O)(=O)c1cccc(F)c1)c2-c1ccc(F)cc1F. The van der Waals surface area contributed by atoms with E-state index in [9.17, 15) is 26.4 Å². The molecule has 156 valence electrons. The van der Waals surface area contributed by atoms with E-state index in [0.29, 0.717) is 30.0 Å². The Morgan fingerprint density at radius 3 is 2.50 bits per heavy atom. The normalized spacial score (nSPS) is 15.8. The van der Waals surface area contributed by atoms with Crippen molar-refractivity contribution in [2.24, 2.45) is 0 Å². The number of likely N-dealkylation sites (N-methyl/N-ethyl adjacent to an activating group) is 1. The minimum Gasteiger partial charge on any atom is -0.359 e. The number of carbonyl (C=O) groups excluding carboxylic acids is 1. The molecule has 1 atom stereocenters. The van der Waals surface area contributed by atoms with E-state index in [1.807, 2.05) is 0 Å². The van der Waals surface area contributed by atoms with Crippen LogP contribution in [0.5, 0.6) is 0 Å². The van der Waals surface area contributed by atoms with E-state index < -0.39 is 33.4 Å². The Morgan fingerprint density at radius 1 is 1.10 bits per heavy atom. The highest BCUT2D eigenvalue weighted by Gasteiger charge is 2.36. The van der Waals surface area contributed by atoms with Crippen molar-refractivity contribution in [1.29, 1.82) is 0 Å². The monoisotopic (exact) mass is 434 g/mol. The lowest BCUT2D eigenvalue weighted by Gasteiger charge is -2.14. The molecule has 1 heterocycles. The maximum absolute atomic E-state index is 14.7. The molecule has 0 fully saturated rings. The molecular weight excluding hydrogens is 417 g/mol. The fraction of sp³-hybridized carbons (Fsp3) is 0.190. The number of amides is 1. The summed E-state index contributed by atoms with van der Waals surface area (Å²) in [4.78, 5) is 11.9. The number of aromatic nitrogens is 1. The molecule has 0 bridgehead atoms. The highest BCUT2D eigenvalue weighted by atomic mass is 32.2. The van der Waals surface area contributed by atoms with Crippen LogP contribution in [0.1, 0.15) is 23.5 Å². The summed E-state index contributed by atoms with van der Waals surface area (Å²) in [7, 11) is -2.84. The fourth-order valence-electron chi connectivity index (χ4n) is 3.89. The van der Waals surface area contributed by atoms with Gasteiger partial charge in [0.2, 0.25) is 5.91 Å². The van der Waals surface area contributed by atoms with Crippen molar-refractivity contribution in [2.45, 2.75) is 23.7 Å². The van der Waals surface area contributed by atoms with Gasteiger partial charge in [-0.05, 0) is 54.3 Å². The zero-order valence-electron chi connectivity index (χ0n) is 15.8. The second kappa shape index (κ2) is 7.32. The zero-order chi connectivity index (χ0) is 21.6. The third-order valence-corrected chi connectivity index (χ3v) is 6.93. The van der Waals surface area contributed by atoms with E-state index >= 15 is 0 Å². The summed E-state index contributed by atoms with van der Waals surface area (Å²) in [5.41, 5.74) is 0.843. The van der Waals surface area contributed by atoms with E-state index in [1.54, 1.807) is 0 Å². The molecule has 4 rings (SSSR count). The van der Waals surface area contributed by atoms with Gasteiger partial charge in [0.05, 0.1) is 16.5 Å². The number of hydrogen-bond acceptors (Lipinski definition) is 3. The Morgan fingerprint density at radius 2 is 1.83 bits per heavy atom. The lowest BCUT2D eigenvalue weighted by atomic mass is 10.0. The molecule has 0 saturated heterocycles. The molecule has 1 aromatic heterocycles. The highest BCUT2D eigenvalue weighted by molar-refractivity contribution is 7.90. The van der Waals surface area contributed by atoms with Crippen LogP contribution in [0.3, 0.4) is 0 Å². The van der Waals surface area contributed by atoms with Crippen molar-refractivity contribution >= 4 is 15.9 Å². The fourth-order valence-corrected chi connectivity index (χ4v) is 5.33. The predicted molar refractivity (Wildman–Crippen MR) is 104 cm³/mol. The van der Waals surface area contributed by atoms with Crippen LogP contribution in [0.25, 0.3) is 11.3 Å². The van der Waals surface area contributed by atoms with Gasteiger partial charge in [0.15, 0.2) is 0 Å². The first-order valence-electron chi connectivity index (χ1n) is 9.16. The molecule has 0 aliphatic heterocycles. The second-order valence-corrected chi connectivity index (χ2v) is 8.81. The highest BCUT2D eigenvalue weighted by Crippen LogP contribution is 2.43. The smallest absolute Gasteiger partial charge is 0.268 e. The first kappa shape index (κ1) is 20.2. The third-order valence-electron chi connectivity index (χ3n) is 5.27. The van der Waals surface area contributed by atoms with Crippen molar-refractivity contribution in [3.05, 3.63) is 77.2 Å². The van der Waals surface area contributed by atoms with E-state index in [0.717, 1.165) is 28.2 Å². The molecular formula is C21H17F3N2O3S. The average Bonchev–Trinajstić information content (AvgIpc) is 3.27. The van der Waals surface area contributed by atoms with E-state index in [-0.39, 0.29) is 22.1 Å². The largest absolute Gasteiger partial charge is 0.359 e. The Hall–Kier alpha value is -3.07. The Kier molecular flexibility index (Phi) is 4.93. The van der Waals surface area contributed by atoms with Gasteiger partial charge in [0, 0.05) is 24.9 Å². The van der Waals surface area contributed by atoms with Crippen molar-refractivity contribution in [3.8, 4) is 11.3 Å². The van der Waals surface area contributed by atoms with E-state index in [2.05, 4.69) is 5.32 Å². The number of rotatable bonds is 4. The zero-order valence-corrected chi connectivity index (χ0v) is 16.6. The summed E-state index contributed by atoms with van der Waals surface area (Å²) >= 11 is 0. The first-order valence-corrected chi connectivity index (χ1v) is 10.6. The van der Waals surface area contributed by atoms with E-state index in [4.69, 9.17) is 0 Å². The van der Waals surface area contributed by atoms with Crippen molar-refractivity contribution in [2.75, 3.05) is 7.05 Å². The van der Waals surface area contributed by atoms with Gasteiger partial charge in [-0.1, -0.05) is 6.07 Å². The van der Waals surface area contributed by atoms with Gasteiger partial charge >= 0.3 is 0 Å². The van der Waals surface area contributed by atoms with Gasteiger partial charge in [-0.25, -0.2) is 25.6 Å². The summed E-state index contributed by atoms with van der Waals surface area (Å²) in [6, 6.07) is 7.31. The minimum atomic E-state index is -4.32. The molecule has 3 aromatic rings. The van der Waals surface area contributed by atoms with Crippen molar-refractivity contribution in [1.82, 2.24) is 9.29 Å². The van der Waals surface area contributed by atoms with Crippen LogP contribution in [0.4, 0.5) is 13.2 Å². The van der Waals surface area contributed by atoms with Gasteiger partial charge in [-0.15, -0.1) is 0 Å². The number of halogens is 3. The lowest BCUT2D eigenvalue weighted by Crippen LogP contribution is -2.24. The van der Waals surface area contributed by atoms with E-state index in [1.165, 1.54) is 25.4 Å². The molecule has 30 heavy (non-hydrogen) atoms. The molecule has 1 aliphatic rings. The standard InChI is InChI=1S/C21H17F3N2O3S/c1-25-21(27)16-8-7-15-18(16)11-26(20(15)17-6-5-13(23)10-19(17)24)30(28,29)14-4-2-3-12(22)9-14/h2-6,9-11,16H,7-8H2,1H3,(H,25,27). The summed E-state index contributed by atoms with van der Waals surface area (Å²) in [5.74, 6) is -3.37. The number of nitrogens with zero attached hydrogens (tertiary/aromatic N) is 1. The maximum atomic E-state index is 14.7. The summed E-state index contributed by atoms with van der Waals surface area (Å²) in [6.45, 7) is 0. The summed E-state index contributed by atoms with van der Waals surface area (Å²) < 4.78 is 69.3. The van der Waals surface area contributed by atoms with Crippen molar-refractivity contribution < 1.29 is 26.4 Å². The first-order chi connectivity index (χ1) is 14.2. The van der Waals surface area contributed by atoms with Gasteiger partial charge in [0.25, 0.3) is 10.0 Å². The summed E-state index contributed by atoms with van der Waals surface area (Å²) in [5, 5.41) is 2.54. The third kappa shape index (κ3) is 3.19. The quantitative estimate of drug-likeness (QED) is 0.683. The van der Waals surface area contributed by atoms with Gasteiger partial charge in [0.1, 0.15) is 17.5 Å². The molecule has 1 amide bonds. The lowest BCUT2D eigenvalue weighted by molar-refractivity contribution is -0.122. The number of benzene rings is 2.